The molecule has 208 valence electrons. The van der Waals surface area contributed by atoms with Crippen LogP contribution in [0.2, 0.25) is 0 Å². The smallest absolute Gasteiger partial charge is 0.411 e. The number of hydrogen-bond acceptors (Lipinski definition) is 6. The lowest BCUT2D eigenvalue weighted by Gasteiger charge is -2.38. The van der Waals surface area contributed by atoms with E-state index >= 15 is 0 Å². The Balaban J connectivity index is 1.76. The second kappa shape index (κ2) is 12.1. The molecule has 0 bridgehead atoms. The summed E-state index contributed by atoms with van der Waals surface area (Å²) >= 11 is 0. The molecule has 1 amide bonds. The van der Waals surface area contributed by atoms with Crippen LogP contribution in [0, 0.1) is 0 Å². The number of benzene rings is 1. The average Bonchev–Trinajstić information content (AvgIpc) is 2.81. The molecule has 0 saturated carbocycles. The Hall–Kier alpha value is -3.19. The zero-order valence-electron chi connectivity index (χ0n) is 20.7. The van der Waals surface area contributed by atoms with E-state index in [1.807, 2.05) is 11.8 Å². The number of anilines is 1. The fourth-order valence-electron chi connectivity index (χ4n) is 4.34. The summed E-state index contributed by atoms with van der Waals surface area (Å²) in [4.78, 5) is 30.3. The van der Waals surface area contributed by atoms with Gasteiger partial charge in [-0.05, 0) is 40.8 Å². The summed E-state index contributed by atoms with van der Waals surface area (Å²) in [7, 11) is 1.18. The number of amides is 1. The van der Waals surface area contributed by atoms with E-state index in [0.29, 0.717) is 6.54 Å². The lowest BCUT2D eigenvalue weighted by molar-refractivity contribution is -0.178. The first-order valence-electron chi connectivity index (χ1n) is 11.6. The highest BCUT2D eigenvalue weighted by atomic mass is 19.4. The van der Waals surface area contributed by atoms with Crippen LogP contribution in [0.1, 0.15) is 46.3 Å². The molecule has 1 N–H and O–H groups in total. The first-order valence-corrected chi connectivity index (χ1v) is 11.6. The molecule has 0 fully saturated rings. The summed E-state index contributed by atoms with van der Waals surface area (Å²) in [5, 5.41) is 2.54. The highest BCUT2D eigenvalue weighted by Gasteiger charge is 2.33. The van der Waals surface area contributed by atoms with E-state index in [0.717, 1.165) is 17.3 Å². The van der Waals surface area contributed by atoms with Gasteiger partial charge in [0.15, 0.2) is 0 Å². The minimum atomic E-state index is -4.51. The minimum absolute atomic E-state index is 0.0677. The van der Waals surface area contributed by atoms with Crippen LogP contribution in [0.15, 0.2) is 36.7 Å². The Labute approximate surface area is 215 Å². The Morgan fingerprint density at radius 1 is 1.13 bits per heavy atom. The first-order chi connectivity index (χ1) is 17.7. The number of fused-ring (bicyclic) bond motifs is 1. The van der Waals surface area contributed by atoms with E-state index < -0.39 is 43.3 Å². The Morgan fingerprint density at radius 2 is 1.87 bits per heavy atom. The SMILES string of the molecule is COC(=O)CC(COCC(F)(F)F)N1Cc2cc(C(=O)Nc3cncc(CC(F)(F)F)c3)ccc2[C@@H](C)C1. The zero-order valence-corrected chi connectivity index (χ0v) is 20.7. The number of carbonyl (C=O) groups is 2. The number of pyridine rings is 1. The highest BCUT2D eigenvalue weighted by molar-refractivity contribution is 6.04. The predicted octanol–water partition coefficient (Wildman–Crippen LogP) is 4.87. The standard InChI is InChI=1S/C25H27F6N3O4/c1-15-11-34(20(7-22(35)37-2)13-38-14-25(29,30)31)12-18-6-17(3-4-21(15)18)23(36)33-19-5-16(9-32-10-19)8-24(26,27)28/h3-6,9-10,15,20H,7-8,11-14H2,1-2H3,(H,33,36)/t15-,20?/m0/s1. The van der Waals surface area contributed by atoms with Crippen LogP contribution in [0.25, 0.3) is 0 Å². The second-order valence-corrected chi connectivity index (χ2v) is 9.14. The van der Waals surface area contributed by atoms with E-state index in [1.54, 1.807) is 18.2 Å². The monoisotopic (exact) mass is 547 g/mol. The summed E-state index contributed by atoms with van der Waals surface area (Å²) < 4.78 is 85.4. The number of aromatic nitrogens is 1. The fourth-order valence-corrected chi connectivity index (χ4v) is 4.34. The molecule has 3 rings (SSSR count). The maximum atomic E-state index is 12.9. The van der Waals surface area contributed by atoms with Crippen molar-refractivity contribution in [1.29, 1.82) is 0 Å². The molecule has 1 aromatic carbocycles. The largest absolute Gasteiger partial charge is 0.469 e. The predicted molar refractivity (Wildman–Crippen MR) is 125 cm³/mol. The molecule has 0 spiro atoms. The molecule has 0 saturated heterocycles. The zero-order chi connectivity index (χ0) is 28.1. The van der Waals surface area contributed by atoms with Gasteiger partial charge in [0, 0.05) is 30.9 Å². The number of halogens is 6. The number of nitrogens with one attached hydrogen (secondary N) is 1. The molecular formula is C25H27F6N3O4. The summed E-state index contributed by atoms with van der Waals surface area (Å²) in [5.41, 5.74) is 1.89. The average molecular weight is 547 g/mol. The number of alkyl halides is 6. The third kappa shape index (κ3) is 8.69. The maximum Gasteiger partial charge on any atom is 0.411 e. The van der Waals surface area contributed by atoms with Crippen molar-refractivity contribution in [3.8, 4) is 0 Å². The first kappa shape index (κ1) is 29.4. The molecule has 2 aromatic rings. The number of hydrogen-bond donors (Lipinski definition) is 1. The van der Waals surface area contributed by atoms with Crippen LogP contribution in [-0.4, -0.2) is 67.0 Å². The normalized spacial score (nSPS) is 17.0. The van der Waals surface area contributed by atoms with Gasteiger partial charge in [-0.15, -0.1) is 0 Å². The highest BCUT2D eigenvalue weighted by Crippen LogP contribution is 2.31. The van der Waals surface area contributed by atoms with Crippen molar-refractivity contribution in [2.45, 2.75) is 50.6 Å². The molecule has 13 heteroatoms. The van der Waals surface area contributed by atoms with Gasteiger partial charge in [-0.1, -0.05) is 13.0 Å². The van der Waals surface area contributed by atoms with Gasteiger partial charge < -0.3 is 14.8 Å². The lowest BCUT2D eigenvalue weighted by atomic mass is 9.88. The van der Waals surface area contributed by atoms with Gasteiger partial charge in [-0.25, -0.2) is 0 Å². The van der Waals surface area contributed by atoms with E-state index in [1.165, 1.54) is 19.4 Å². The van der Waals surface area contributed by atoms with Crippen LogP contribution in [-0.2, 0) is 27.2 Å². The van der Waals surface area contributed by atoms with Crippen LogP contribution < -0.4 is 5.32 Å². The topological polar surface area (TPSA) is 80.8 Å². The van der Waals surface area contributed by atoms with Gasteiger partial charge >= 0.3 is 18.3 Å². The molecular weight excluding hydrogens is 520 g/mol. The summed E-state index contributed by atoms with van der Waals surface area (Å²) in [6.07, 6.45) is -8.00. The molecule has 38 heavy (non-hydrogen) atoms. The molecule has 7 nitrogen and oxygen atoms in total. The number of ether oxygens (including phenoxy) is 2. The van der Waals surface area contributed by atoms with Gasteiger partial charge in [-0.2, -0.15) is 26.3 Å². The number of rotatable bonds is 9. The number of carbonyl (C=O) groups excluding carboxylic acids is 2. The Bertz CT molecular complexity index is 1140. The third-order valence-electron chi connectivity index (χ3n) is 6.00. The lowest BCUT2D eigenvalue weighted by Crippen LogP contribution is -2.44. The second-order valence-electron chi connectivity index (χ2n) is 9.14. The van der Waals surface area contributed by atoms with Gasteiger partial charge in [0.25, 0.3) is 5.91 Å². The van der Waals surface area contributed by atoms with Crippen molar-refractivity contribution in [3.63, 3.8) is 0 Å². The quantitative estimate of drug-likeness (QED) is 0.357. The summed E-state index contributed by atoms with van der Waals surface area (Å²) in [6.45, 7) is 0.786. The van der Waals surface area contributed by atoms with Gasteiger partial charge in [0.2, 0.25) is 0 Å². The molecule has 1 aliphatic heterocycles. The van der Waals surface area contributed by atoms with E-state index in [2.05, 4.69) is 10.3 Å². The molecule has 2 atom stereocenters. The summed E-state index contributed by atoms with van der Waals surface area (Å²) in [6, 6.07) is 5.47. The van der Waals surface area contributed by atoms with Crippen LogP contribution >= 0.6 is 0 Å². The minimum Gasteiger partial charge on any atom is -0.469 e. The van der Waals surface area contributed by atoms with Gasteiger partial charge in [0.1, 0.15) is 6.61 Å². The van der Waals surface area contributed by atoms with Crippen molar-refractivity contribution in [2.24, 2.45) is 0 Å². The van der Waals surface area contributed by atoms with E-state index in [-0.39, 0.29) is 42.3 Å². The van der Waals surface area contributed by atoms with Crippen molar-refractivity contribution in [2.75, 3.05) is 32.2 Å². The summed E-state index contributed by atoms with van der Waals surface area (Å²) in [5.74, 6) is -1.23. The Kier molecular flexibility index (Phi) is 9.36. The van der Waals surface area contributed by atoms with Crippen molar-refractivity contribution >= 4 is 17.6 Å². The molecule has 0 radical (unpaired) electrons. The molecule has 2 heterocycles. The van der Waals surface area contributed by atoms with E-state index in [4.69, 9.17) is 9.47 Å². The van der Waals surface area contributed by atoms with Crippen LogP contribution in [0.3, 0.4) is 0 Å². The van der Waals surface area contributed by atoms with Crippen LogP contribution in [0.5, 0.6) is 0 Å². The molecule has 1 unspecified atom stereocenters. The van der Waals surface area contributed by atoms with Crippen molar-refractivity contribution in [3.05, 3.63) is 58.9 Å². The number of esters is 1. The number of nitrogens with zero attached hydrogens (tertiary/aromatic N) is 2. The molecule has 0 aliphatic carbocycles. The van der Waals surface area contributed by atoms with Crippen molar-refractivity contribution in [1.82, 2.24) is 9.88 Å². The van der Waals surface area contributed by atoms with E-state index in [9.17, 15) is 35.9 Å². The Morgan fingerprint density at radius 3 is 2.53 bits per heavy atom. The third-order valence-corrected chi connectivity index (χ3v) is 6.00. The molecule has 1 aromatic heterocycles. The van der Waals surface area contributed by atoms with Crippen molar-refractivity contribution < 1.29 is 45.4 Å². The number of methoxy groups -OCH3 is 1. The van der Waals surface area contributed by atoms with Gasteiger partial charge in [0.05, 0.1) is 38.4 Å². The molecule has 1 aliphatic rings. The van der Waals surface area contributed by atoms with Gasteiger partial charge in [-0.3, -0.25) is 19.5 Å². The van der Waals surface area contributed by atoms with Crippen LogP contribution in [0.4, 0.5) is 32.0 Å². The maximum absolute atomic E-state index is 12.9. The fraction of sp³-hybridized carbons (Fsp3) is 0.480.